The predicted octanol–water partition coefficient (Wildman–Crippen LogP) is 3.56. The number of anilines is 1. The minimum atomic E-state index is -0.469. The van der Waals surface area contributed by atoms with Gasteiger partial charge in [0.05, 0.1) is 16.8 Å². The van der Waals surface area contributed by atoms with Crippen LogP contribution >= 0.6 is 15.9 Å². The predicted molar refractivity (Wildman–Crippen MR) is 66.1 cm³/mol. The lowest BCUT2D eigenvalue weighted by Crippen LogP contribution is -2.26. The fourth-order valence-electron chi connectivity index (χ4n) is 1.94. The van der Waals surface area contributed by atoms with Gasteiger partial charge < -0.3 is 10.1 Å². The van der Waals surface area contributed by atoms with E-state index < -0.39 is 11.6 Å². The molecule has 0 bridgehead atoms. The van der Waals surface area contributed by atoms with Crippen molar-refractivity contribution in [2.24, 2.45) is 5.92 Å². The van der Waals surface area contributed by atoms with Crippen LogP contribution < -0.4 is 5.32 Å². The smallest absolute Gasteiger partial charge is 0.147 e. The van der Waals surface area contributed by atoms with E-state index in [1.54, 1.807) is 0 Å². The molecular weight excluding hydrogens is 292 g/mol. The number of ether oxygens (including phenoxy) is 1. The standard InChI is InChI=1S/C12H14BrF2NO/c1-7(8-2-3-17-6-8)16-12-5-10(14)9(13)4-11(12)15/h4-5,7-8,16H,2-3,6H2,1H3. The Hall–Kier alpha value is -0.680. The van der Waals surface area contributed by atoms with Crippen molar-refractivity contribution in [3.8, 4) is 0 Å². The maximum atomic E-state index is 13.6. The summed E-state index contributed by atoms with van der Waals surface area (Å²) in [5.41, 5.74) is 0.199. The van der Waals surface area contributed by atoms with Gasteiger partial charge >= 0.3 is 0 Å². The number of benzene rings is 1. The minimum absolute atomic E-state index is 0.0626. The second kappa shape index (κ2) is 5.31. The Morgan fingerprint density at radius 3 is 2.82 bits per heavy atom. The van der Waals surface area contributed by atoms with E-state index in [-0.39, 0.29) is 16.2 Å². The monoisotopic (exact) mass is 305 g/mol. The van der Waals surface area contributed by atoms with Crippen molar-refractivity contribution in [3.05, 3.63) is 28.2 Å². The van der Waals surface area contributed by atoms with Gasteiger partial charge in [-0.05, 0) is 35.3 Å². The van der Waals surface area contributed by atoms with Crippen LogP contribution in [0.2, 0.25) is 0 Å². The van der Waals surface area contributed by atoms with E-state index in [0.717, 1.165) is 19.1 Å². The molecule has 0 radical (unpaired) electrons. The van der Waals surface area contributed by atoms with Crippen LogP contribution in [-0.2, 0) is 4.74 Å². The van der Waals surface area contributed by atoms with Crippen molar-refractivity contribution in [1.29, 1.82) is 0 Å². The van der Waals surface area contributed by atoms with Crippen molar-refractivity contribution in [2.75, 3.05) is 18.5 Å². The first-order valence-corrected chi connectivity index (χ1v) is 6.36. The lowest BCUT2D eigenvalue weighted by atomic mass is 10.0. The third-order valence-corrected chi connectivity index (χ3v) is 3.67. The summed E-state index contributed by atoms with van der Waals surface area (Å²) >= 11 is 2.95. The van der Waals surface area contributed by atoms with Gasteiger partial charge in [0.15, 0.2) is 0 Å². The zero-order valence-corrected chi connectivity index (χ0v) is 11.1. The SMILES string of the molecule is CC(Nc1cc(F)c(Br)cc1F)C1CCOC1. The molecule has 1 aliphatic rings. The maximum Gasteiger partial charge on any atom is 0.147 e. The minimum Gasteiger partial charge on any atom is -0.381 e. The van der Waals surface area contributed by atoms with Crippen LogP contribution in [0.25, 0.3) is 0 Å². The Bertz CT molecular complexity index is 408. The molecule has 1 aliphatic heterocycles. The molecule has 1 N–H and O–H groups in total. The molecule has 1 heterocycles. The normalized spacial score (nSPS) is 21.5. The summed E-state index contributed by atoms with van der Waals surface area (Å²) in [6, 6.07) is 2.37. The Labute approximate surface area is 107 Å². The summed E-state index contributed by atoms with van der Waals surface area (Å²) in [4.78, 5) is 0. The van der Waals surface area contributed by atoms with Gasteiger partial charge in [-0.25, -0.2) is 8.78 Å². The van der Waals surface area contributed by atoms with E-state index in [9.17, 15) is 8.78 Å². The molecule has 1 saturated heterocycles. The molecule has 0 saturated carbocycles. The van der Waals surface area contributed by atoms with E-state index in [4.69, 9.17) is 4.74 Å². The summed E-state index contributed by atoms with van der Waals surface area (Å²) in [6.45, 7) is 3.38. The van der Waals surface area contributed by atoms with Crippen LogP contribution in [0.15, 0.2) is 16.6 Å². The van der Waals surface area contributed by atoms with E-state index in [1.165, 1.54) is 6.07 Å². The topological polar surface area (TPSA) is 21.3 Å². The highest BCUT2D eigenvalue weighted by Crippen LogP contribution is 2.26. The van der Waals surface area contributed by atoms with Crippen molar-refractivity contribution < 1.29 is 13.5 Å². The number of hydrogen-bond acceptors (Lipinski definition) is 2. The summed E-state index contributed by atoms with van der Waals surface area (Å²) in [5.74, 6) is -0.575. The van der Waals surface area contributed by atoms with E-state index in [1.807, 2.05) is 6.92 Å². The Morgan fingerprint density at radius 1 is 1.41 bits per heavy atom. The molecule has 2 unspecified atom stereocenters. The third kappa shape index (κ3) is 2.96. The largest absolute Gasteiger partial charge is 0.381 e. The zero-order valence-electron chi connectivity index (χ0n) is 9.47. The lowest BCUT2D eigenvalue weighted by molar-refractivity contribution is 0.183. The van der Waals surface area contributed by atoms with Crippen LogP contribution in [0.1, 0.15) is 13.3 Å². The van der Waals surface area contributed by atoms with Gasteiger partial charge in [-0.1, -0.05) is 0 Å². The molecule has 0 spiro atoms. The molecule has 5 heteroatoms. The highest BCUT2D eigenvalue weighted by atomic mass is 79.9. The molecule has 2 rings (SSSR count). The molecule has 17 heavy (non-hydrogen) atoms. The first-order chi connectivity index (χ1) is 8.08. The molecule has 94 valence electrons. The molecule has 0 aliphatic carbocycles. The van der Waals surface area contributed by atoms with E-state index in [2.05, 4.69) is 21.2 Å². The highest BCUT2D eigenvalue weighted by molar-refractivity contribution is 9.10. The second-order valence-corrected chi connectivity index (χ2v) is 5.16. The van der Waals surface area contributed by atoms with Crippen molar-refractivity contribution in [2.45, 2.75) is 19.4 Å². The molecule has 0 amide bonds. The zero-order chi connectivity index (χ0) is 12.4. The van der Waals surface area contributed by atoms with E-state index in [0.29, 0.717) is 12.5 Å². The van der Waals surface area contributed by atoms with Gasteiger partial charge in [-0.2, -0.15) is 0 Å². The van der Waals surface area contributed by atoms with Crippen LogP contribution in [0, 0.1) is 17.6 Å². The van der Waals surface area contributed by atoms with Gasteiger partial charge in [0.2, 0.25) is 0 Å². The molecule has 1 fully saturated rings. The average molecular weight is 306 g/mol. The quantitative estimate of drug-likeness (QED) is 0.862. The molecule has 0 aromatic heterocycles. The van der Waals surface area contributed by atoms with Gasteiger partial charge in [-0.3, -0.25) is 0 Å². The van der Waals surface area contributed by atoms with Gasteiger partial charge in [0.1, 0.15) is 11.6 Å². The fourth-order valence-corrected chi connectivity index (χ4v) is 2.26. The second-order valence-electron chi connectivity index (χ2n) is 4.30. The number of nitrogens with one attached hydrogen (secondary N) is 1. The summed E-state index contributed by atoms with van der Waals surface area (Å²) in [6.07, 6.45) is 0.953. The highest BCUT2D eigenvalue weighted by Gasteiger charge is 2.23. The van der Waals surface area contributed by atoms with Crippen LogP contribution in [0.3, 0.4) is 0 Å². The van der Waals surface area contributed by atoms with Crippen molar-refractivity contribution in [1.82, 2.24) is 0 Å². The van der Waals surface area contributed by atoms with Gasteiger partial charge in [0.25, 0.3) is 0 Å². The molecule has 2 nitrogen and oxygen atoms in total. The fraction of sp³-hybridized carbons (Fsp3) is 0.500. The molecule has 1 aromatic carbocycles. The summed E-state index contributed by atoms with van der Waals surface area (Å²) in [5, 5.41) is 3.00. The molecule has 1 aromatic rings. The number of hydrogen-bond donors (Lipinski definition) is 1. The average Bonchev–Trinajstić information content (AvgIpc) is 2.79. The maximum absolute atomic E-state index is 13.6. The van der Waals surface area contributed by atoms with Crippen LogP contribution in [0.4, 0.5) is 14.5 Å². The Kier molecular flexibility index (Phi) is 3.99. The lowest BCUT2D eigenvalue weighted by Gasteiger charge is -2.21. The van der Waals surface area contributed by atoms with Gasteiger partial charge in [-0.15, -0.1) is 0 Å². The Morgan fingerprint density at radius 2 is 2.18 bits per heavy atom. The first-order valence-electron chi connectivity index (χ1n) is 5.56. The molecular formula is C12H14BrF2NO. The first kappa shape index (κ1) is 12.8. The summed E-state index contributed by atoms with van der Waals surface area (Å²) in [7, 11) is 0. The van der Waals surface area contributed by atoms with Gasteiger partial charge in [0, 0.05) is 24.6 Å². The Balaban J connectivity index is 2.09. The van der Waals surface area contributed by atoms with Crippen LogP contribution in [-0.4, -0.2) is 19.3 Å². The number of rotatable bonds is 3. The molecule has 2 atom stereocenters. The third-order valence-electron chi connectivity index (χ3n) is 3.07. The van der Waals surface area contributed by atoms with E-state index >= 15 is 0 Å². The van der Waals surface area contributed by atoms with Crippen LogP contribution in [0.5, 0.6) is 0 Å². The van der Waals surface area contributed by atoms with Crippen molar-refractivity contribution in [3.63, 3.8) is 0 Å². The van der Waals surface area contributed by atoms with Crippen molar-refractivity contribution >= 4 is 21.6 Å². The number of halogens is 3. The summed E-state index contributed by atoms with van der Waals surface area (Å²) < 4.78 is 32.3.